The van der Waals surface area contributed by atoms with Gasteiger partial charge in [-0.05, 0) is 40.5 Å². The van der Waals surface area contributed by atoms with Crippen LogP contribution in [-0.2, 0) is 36.0 Å². The van der Waals surface area contributed by atoms with Crippen LogP contribution in [0.2, 0.25) is 0 Å². The maximum atomic E-state index is 13.0. The average molecular weight is 415 g/mol. The molecule has 1 amide bonds. The summed E-state index contributed by atoms with van der Waals surface area (Å²) in [4.78, 5) is 26.7. The summed E-state index contributed by atoms with van der Waals surface area (Å²) in [7, 11) is -0.377. The fourth-order valence-corrected chi connectivity index (χ4v) is 5.33. The monoisotopic (exact) mass is 414 g/mol. The van der Waals surface area contributed by atoms with Crippen LogP contribution in [0.25, 0.3) is 0 Å². The molecule has 1 aliphatic heterocycles. The number of likely N-dealkylation sites (N-methyl/N-ethyl adjacent to an activating group) is 1. The van der Waals surface area contributed by atoms with Gasteiger partial charge in [-0.1, -0.05) is 5.16 Å². The minimum absolute atomic E-state index is 0.152. The second-order valence-electron chi connectivity index (χ2n) is 8.47. The molecular formula is C19H30N2O6S. The van der Waals surface area contributed by atoms with Crippen molar-refractivity contribution >= 4 is 21.5 Å². The highest BCUT2D eigenvalue weighted by Gasteiger charge is 2.46. The van der Waals surface area contributed by atoms with E-state index >= 15 is 0 Å². The maximum absolute atomic E-state index is 13.0. The van der Waals surface area contributed by atoms with Crippen LogP contribution < -0.4 is 0 Å². The van der Waals surface area contributed by atoms with Crippen LogP contribution in [0.1, 0.15) is 52.0 Å². The molecule has 8 nitrogen and oxygen atoms in total. The van der Waals surface area contributed by atoms with Crippen LogP contribution in [0.5, 0.6) is 0 Å². The molecular weight excluding hydrogens is 384 g/mol. The van der Waals surface area contributed by atoms with Gasteiger partial charge in [0.15, 0.2) is 15.6 Å². The van der Waals surface area contributed by atoms with Crippen LogP contribution >= 0.6 is 0 Å². The van der Waals surface area contributed by atoms with Crippen LogP contribution in [0.15, 0.2) is 10.6 Å². The summed E-state index contributed by atoms with van der Waals surface area (Å²) >= 11 is 0. The summed E-state index contributed by atoms with van der Waals surface area (Å²) in [6.07, 6.45) is 0.591. The van der Waals surface area contributed by atoms with Gasteiger partial charge < -0.3 is 14.2 Å². The molecule has 1 aromatic heterocycles. The molecule has 0 N–H and O–H groups in total. The molecule has 0 aliphatic carbocycles. The van der Waals surface area contributed by atoms with Crippen molar-refractivity contribution in [3.05, 3.63) is 17.5 Å². The number of nitrogens with zero attached hydrogens (tertiary/aromatic N) is 2. The Kier molecular flexibility index (Phi) is 6.40. The van der Waals surface area contributed by atoms with E-state index in [1.54, 1.807) is 34.0 Å². The van der Waals surface area contributed by atoms with Crippen molar-refractivity contribution in [1.82, 2.24) is 10.1 Å². The van der Waals surface area contributed by atoms with Gasteiger partial charge in [0.2, 0.25) is 5.91 Å². The first-order chi connectivity index (χ1) is 12.8. The molecule has 158 valence electrons. The molecule has 1 fully saturated rings. The fourth-order valence-electron chi connectivity index (χ4n) is 3.29. The van der Waals surface area contributed by atoms with E-state index in [4.69, 9.17) is 9.26 Å². The number of amides is 1. The molecule has 0 aromatic carbocycles. The highest BCUT2D eigenvalue weighted by molar-refractivity contribution is 7.94. The summed E-state index contributed by atoms with van der Waals surface area (Å²) in [6.45, 7) is 7.09. The number of hydrogen-bond donors (Lipinski definition) is 0. The second kappa shape index (κ2) is 7.94. The topological polar surface area (TPSA) is 107 Å². The summed E-state index contributed by atoms with van der Waals surface area (Å²) < 4.78 is 34.9. The molecule has 0 saturated carbocycles. The van der Waals surface area contributed by atoms with Gasteiger partial charge in [0.1, 0.15) is 10.5 Å². The van der Waals surface area contributed by atoms with Gasteiger partial charge in [-0.2, -0.15) is 0 Å². The molecule has 0 bridgehead atoms. The predicted octanol–water partition coefficient (Wildman–Crippen LogP) is 1.52. The lowest BCUT2D eigenvalue weighted by atomic mass is 9.87. The molecule has 2 heterocycles. The Balaban J connectivity index is 2.18. The van der Waals surface area contributed by atoms with Crippen molar-refractivity contribution in [2.45, 2.75) is 62.4 Å². The van der Waals surface area contributed by atoms with E-state index in [2.05, 4.69) is 5.16 Å². The standard InChI is InChI=1S/C19H30N2O6S/c1-18(2,17(23)21(5)6)15-11-13(27-20-15)12-16(22)19(3,4)28(24,25)14-7-9-26-10-8-14/h11,14H,7-10,12H2,1-6H3. The van der Waals surface area contributed by atoms with E-state index in [0.717, 1.165) is 0 Å². The number of carbonyl (C=O) groups is 2. The molecule has 2 rings (SSSR count). The normalized spacial score (nSPS) is 16.8. The third-order valence-corrected chi connectivity index (χ3v) is 8.46. The maximum Gasteiger partial charge on any atom is 0.233 e. The number of aromatic nitrogens is 1. The molecule has 0 radical (unpaired) electrons. The van der Waals surface area contributed by atoms with E-state index in [1.165, 1.54) is 18.7 Å². The third kappa shape index (κ3) is 4.15. The molecule has 0 unspecified atom stereocenters. The lowest BCUT2D eigenvalue weighted by Gasteiger charge is -2.30. The van der Waals surface area contributed by atoms with E-state index in [-0.39, 0.29) is 18.1 Å². The SMILES string of the molecule is CN(C)C(=O)C(C)(C)c1cc(CC(=O)C(C)(C)S(=O)(=O)C2CCOCC2)on1. The highest BCUT2D eigenvalue weighted by Crippen LogP contribution is 2.30. The van der Waals surface area contributed by atoms with E-state index in [0.29, 0.717) is 31.7 Å². The number of Topliss-reactive ketones (excluding diaryl/α,β-unsaturated/α-hetero) is 1. The first-order valence-electron chi connectivity index (χ1n) is 9.34. The van der Waals surface area contributed by atoms with Gasteiger partial charge in [0, 0.05) is 33.4 Å². The molecule has 1 aliphatic rings. The summed E-state index contributed by atoms with van der Waals surface area (Å²) in [6, 6.07) is 1.55. The zero-order valence-corrected chi connectivity index (χ0v) is 18.3. The fraction of sp³-hybridized carbons (Fsp3) is 0.737. The Morgan fingerprint density at radius 1 is 1.18 bits per heavy atom. The van der Waals surface area contributed by atoms with Crippen LogP contribution in [-0.4, -0.2) is 67.5 Å². The molecule has 28 heavy (non-hydrogen) atoms. The van der Waals surface area contributed by atoms with Gasteiger partial charge in [0.05, 0.1) is 22.8 Å². The zero-order chi connectivity index (χ0) is 21.3. The average Bonchev–Trinajstić information content (AvgIpc) is 3.10. The van der Waals surface area contributed by atoms with Crippen molar-refractivity contribution in [3.8, 4) is 0 Å². The largest absolute Gasteiger partial charge is 0.381 e. The first kappa shape index (κ1) is 22.5. The van der Waals surface area contributed by atoms with Gasteiger partial charge in [-0.25, -0.2) is 8.42 Å². The predicted molar refractivity (Wildman–Crippen MR) is 104 cm³/mol. The zero-order valence-electron chi connectivity index (χ0n) is 17.4. The van der Waals surface area contributed by atoms with Gasteiger partial charge in [-0.3, -0.25) is 9.59 Å². The number of hydrogen-bond acceptors (Lipinski definition) is 7. The number of rotatable bonds is 7. The molecule has 1 aromatic rings. The number of ketones is 1. The molecule has 0 atom stereocenters. The van der Waals surface area contributed by atoms with E-state index < -0.39 is 31.0 Å². The Morgan fingerprint density at radius 3 is 2.29 bits per heavy atom. The number of carbonyl (C=O) groups excluding carboxylic acids is 2. The first-order valence-corrected chi connectivity index (χ1v) is 10.9. The van der Waals surface area contributed by atoms with Crippen molar-refractivity contribution in [1.29, 1.82) is 0 Å². The quantitative estimate of drug-likeness (QED) is 0.666. The highest BCUT2D eigenvalue weighted by atomic mass is 32.2. The van der Waals surface area contributed by atoms with Gasteiger partial charge >= 0.3 is 0 Å². The second-order valence-corrected chi connectivity index (χ2v) is 11.2. The Bertz CT molecular complexity index is 832. The minimum Gasteiger partial charge on any atom is -0.381 e. The van der Waals surface area contributed by atoms with Crippen LogP contribution in [0.3, 0.4) is 0 Å². The molecule has 1 saturated heterocycles. The third-order valence-electron chi connectivity index (χ3n) is 5.46. The number of sulfone groups is 1. The van der Waals surface area contributed by atoms with E-state index in [1.807, 2.05) is 0 Å². The summed E-state index contributed by atoms with van der Waals surface area (Å²) in [5.41, 5.74) is -0.517. The van der Waals surface area contributed by atoms with Crippen molar-refractivity contribution in [2.75, 3.05) is 27.3 Å². The molecule has 0 spiro atoms. The van der Waals surface area contributed by atoms with Gasteiger partial charge in [-0.15, -0.1) is 0 Å². The van der Waals surface area contributed by atoms with Gasteiger partial charge in [0.25, 0.3) is 0 Å². The summed E-state index contributed by atoms with van der Waals surface area (Å²) in [5, 5.41) is 3.36. The van der Waals surface area contributed by atoms with Crippen LogP contribution in [0, 0.1) is 0 Å². The lowest BCUT2D eigenvalue weighted by Crippen LogP contribution is -2.48. The number of ether oxygens (including phenoxy) is 1. The van der Waals surface area contributed by atoms with E-state index in [9.17, 15) is 18.0 Å². The smallest absolute Gasteiger partial charge is 0.233 e. The lowest BCUT2D eigenvalue weighted by molar-refractivity contribution is -0.133. The van der Waals surface area contributed by atoms with Crippen molar-refractivity contribution in [2.24, 2.45) is 0 Å². The minimum atomic E-state index is -3.68. The van der Waals surface area contributed by atoms with Crippen LogP contribution in [0.4, 0.5) is 0 Å². The van der Waals surface area contributed by atoms with Crippen molar-refractivity contribution in [3.63, 3.8) is 0 Å². The molecule has 9 heteroatoms. The Labute approximate surface area is 166 Å². The van der Waals surface area contributed by atoms with Crippen molar-refractivity contribution < 1.29 is 27.3 Å². The summed E-state index contributed by atoms with van der Waals surface area (Å²) in [5.74, 6) is -0.366. The Hall–Kier alpha value is -1.74. The Morgan fingerprint density at radius 2 is 1.75 bits per heavy atom.